The number of rotatable bonds is 6. The number of amides is 2. The lowest BCUT2D eigenvalue weighted by Gasteiger charge is -2.32. The standard InChI is InChI=1S/C23H33N3O2/c27-22(18-5-2-1-3-6-18)25-21-8-4-7-19(15-21)23(28)26-13-11-20(12-14-26)24-16-17-9-10-17/h4,7-8,15,17-18,20,24H,1-3,5-6,9-14,16H2,(H,25,27). The molecule has 0 bridgehead atoms. The van der Waals surface area contributed by atoms with E-state index in [1.54, 1.807) is 0 Å². The van der Waals surface area contributed by atoms with Crippen LogP contribution in [-0.4, -0.2) is 42.4 Å². The summed E-state index contributed by atoms with van der Waals surface area (Å²) in [5.41, 5.74) is 1.41. The predicted molar refractivity (Wildman–Crippen MR) is 111 cm³/mol. The molecule has 0 radical (unpaired) electrons. The van der Waals surface area contributed by atoms with Gasteiger partial charge in [-0.1, -0.05) is 25.3 Å². The zero-order chi connectivity index (χ0) is 19.3. The van der Waals surface area contributed by atoms with Gasteiger partial charge in [0, 0.05) is 36.3 Å². The summed E-state index contributed by atoms with van der Waals surface area (Å²) in [6, 6.07) is 7.99. The van der Waals surface area contributed by atoms with E-state index in [9.17, 15) is 9.59 Å². The molecule has 0 unspecified atom stereocenters. The van der Waals surface area contributed by atoms with Crippen molar-refractivity contribution in [1.82, 2.24) is 10.2 Å². The lowest BCUT2D eigenvalue weighted by molar-refractivity contribution is -0.120. The molecule has 2 saturated carbocycles. The SMILES string of the molecule is O=C(Nc1cccc(C(=O)N2CCC(NCC3CC3)CC2)c1)C1CCCCC1. The molecule has 1 saturated heterocycles. The molecule has 2 amide bonds. The van der Waals surface area contributed by atoms with Crippen molar-refractivity contribution < 1.29 is 9.59 Å². The Morgan fingerprint density at radius 3 is 2.43 bits per heavy atom. The molecule has 2 aliphatic carbocycles. The smallest absolute Gasteiger partial charge is 0.253 e. The summed E-state index contributed by atoms with van der Waals surface area (Å²) >= 11 is 0. The molecular weight excluding hydrogens is 350 g/mol. The maximum atomic E-state index is 12.9. The largest absolute Gasteiger partial charge is 0.339 e. The molecule has 1 aromatic carbocycles. The van der Waals surface area contributed by atoms with E-state index >= 15 is 0 Å². The number of likely N-dealkylation sites (tertiary alicyclic amines) is 1. The first kappa shape index (κ1) is 19.4. The normalized spacial score (nSPS) is 21.5. The molecule has 28 heavy (non-hydrogen) atoms. The molecule has 4 rings (SSSR count). The van der Waals surface area contributed by atoms with Crippen LogP contribution < -0.4 is 10.6 Å². The van der Waals surface area contributed by atoms with Crippen LogP contribution >= 0.6 is 0 Å². The van der Waals surface area contributed by atoms with Crippen molar-refractivity contribution in [3.8, 4) is 0 Å². The number of nitrogens with one attached hydrogen (secondary N) is 2. The van der Waals surface area contributed by atoms with Crippen LogP contribution in [-0.2, 0) is 4.79 Å². The van der Waals surface area contributed by atoms with Crippen molar-refractivity contribution in [2.24, 2.45) is 11.8 Å². The topological polar surface area (TPSA) is 61.4 Å². The number of nitrogens with zero attached hydrogens (tertiary/aromatic N) is 1. The zero-order valence-corrected chi connectivity index (χ0v) is 16.8. The molecule has 5 nitrogen and oxygen atoms in total. The van der Waals surface area contributed by atoms with E-state index in [-0.39, 0.29) is 17.7 Å². The Bertz CT molecular complexity index is 687. The van der Waals surface area contributed by atoms with Crippen molar-refractivity contribution in [1.29, 1.82) is 0 Å². The van der Waals surface area contributed by atoms with Crippen LogP contribution in [0.25, 0.3) is 0 Å². The fourth-order valence-corrected chi connectivity index (χ4v) is 4.46. The molecule has 0 spiro atoms. The molecule has 2 N–H and O–H groups in total. The summed E-state index contributed by atoms with van der Waals surface area (Å²) in [7, 11) is 0. The highest BCUT2D eigenvalue weighted by molar-refractivity contribution is 5.97. The van der Waals surface area contributed by atoms with Crippen molar-refractivity contribution >= 4 is 17.5 Å². The maximum Gasteiger partial charge on any atom is 0.253 e. The summed E-state index contributed by atoms with van der Waals surface area (Å²) in [5.74, 6) is 1.20. The van der Waals surface area contributed by atoms with Crippen LogP contribution in [0.4, 0.5) is 5.69 Å². The monoisotopic (exact) mass is 383 g/mol. The van der Waals surface area contributed by atoms with Gasteiger partial charge in [0.25, 0.3) is 5.91 Å². The molecule has 3 aliphatic rings. The molecule has 0 aromatic heterocycles. The fraction of sp³-hybridized carbons (Fsp3) is 0.652. The van der Waals surface area contributed by atoms with Gasteiger partial charge in [-0.3, -0.25) is 9.59 Å². The quantitative estimate of drug-likeness (QED) is 0.785. The molecule has 152 valence electrons. The Morgan fingerprint density at radius 1 is 0.964 bits per heavy atom. The van der Waals surface area contributed by atoms with Gasteiger partial charge in [-0.2, -0.15) is 0 Å². The number of carbonyl (C=O) groups excluding carboxylic acids is 2. The average Bonchev–Trinajstić information content (AvgIpc) is 3.57. The van der Waals surface area contributed by atoms with E-state index < -0.39 is 0 Å². The highest BCUT2D eigenvalue weighted by Gasteiger charge is 2.27. The Kier molecular flexibility index (Phi) is 6.30. The van der Waals surface area contributed by atoms with Crippen molar-refractivity contribution in [2.75, 3.05) is 25.0 Å². The predicted octanol–water partition coefficient (Wildman–Crippen LogP) is 3.81. The van der Waals surface area contributed by atoms with Crippen molar-refractivity contribution in [2.45, 2.75) is 63.8 Å². The first-order chi connectivity index (χ1) is 13.7. The second-order valence-electron chi connectivity index (χ2n) is 8.82. The highest BCUT2D eigenvalue weighted by atomic mass is 16.2. The molecule has 0 atom stereocenters. The zero-order valence-electron chi connectivity index (χ0n) is 16.8. The van der Waals surface area contributed by atoms with Gasteiger partial charge in [0.1, 0.15) is 0 Å². The average molecular weight is 384 g/mol. The van der Waals surface area contributed by atoms with Gasteiger partial charge in [0.15, 0.2) is 0 Å². The number of benzene rings is 1. The molecule has 1 aliphatic heterocycles. The third kappa shape index (κ3) is 5.13. The second kappa shape index (κ2) is 9.08. The van der Waals surface area contributed by atoms with Crippen LogP contribution in [0, 0.1) is 11.8 Å². The summed E-state index contributed by atoms with van der Waals surface area (Å²) in [6.07, 6.45) is 10.3. The lowest BCUT2D eigenvalue weighted by Crippen LogP contribution is -2.45. The van der Waals surface area contributed by atoms with E-state index in [0.29, 0.717) is 11.6 Å². The van der Waals surface area contributed by atoms with E-state index in [1.165, 1.54) is 19.3 Å². The summed E-state index contributed by atoms with van der Waals surface area (Å²) < 4.78 is 0. The first-order valence-corrected chi connectivity index (χ1v) is 11.1. The minimum atomic E-state index is 0.0782. The number of anilines is 1. The molecule has 5 heteroatoms. The van der Waals surface area contributed by atoms with Crippen molar-refractivity contribution in [3.05, 3.63) is 29.8 Å². The van der Waals surface area contributed by atoms with E-state index in [1.807, 2.05) is 29.2 Å². The van der Waals surface area contributed by atoms with Crippen molar-refractivity contribution in [3.63, 3.8) is 0 Å². The Morgan fingerprint density at radius 2 is 1.71 bits per heavy atom. The summed E-state index contributed by atoms with van der Waals surface area (Å²) in [4.78, 5) is 27.4. The molecule has 1 aromatic rings. The van der Waals surface area contributed by atoms with Gasteiger partial charge in [0.2, 0.25) is 5.91 Å². The third-order valence-corrected chi connectivity index (χ3v) is 6.53. The van der Waals surface area contributed by atoms with E-state index in [2.05, 4.69) is 10.6 Å². The summed E-state index contributed by atoms with van der Waals surface area (Å²) in [5, 5.41) is 6.69. The Balaban J connectivity index is 1.29. The fourth-order valence-electron chi connectivity index (χ4n) is 4.46. The Labute approximate surface area is 168 Å². The third-order valence-electron chi connectivity index (χ3n) is 6.53. The number of hydrogen-bond acceptors (Lipinski definition) is 3. The van der Waals surface area contributed by atoms with Crippen LogP contribution in [0.15, 0.2) is 24.3 Å². The van der Waals surface area contributed by atoms with Gasteiger partial charge >= 0.3 is 0 Å². The van der Waals surface area contributed by atoms with Gasteiger partial charge in [0.05, 0.1) is 0 Å². The van der Waals surface area contributed by atoms with Crippen LogP contribution in [0.1, 0.15) is 68.1 Å². The van der Waals surface area contributed by atoms with E-state index in [4.69, 9.17) is 0 Å². The number of carbonyl (C=O) groups is 2. The minimum absolute atomic E-state index is 0.0782. The number of piperidine rings is 1. The van der Waals surface area contributed by atoms with Gasteiger partial charge < -0.3 is 15.5 Å². The molecular formula is C23H33N3O2. The molecule has 1 heterocycles. The molecule has 3 fully saturated rings. The lowest BCUT2D eigenvalue weighted by atomic mass is 9.88. The van der Waals surface area contributed by atoms with E-state index in [0.717, 1.165) is 69.8 Å². The first-order valence-electron chi connectivity index (χ1n) is 11.1. The second-order valence-corrected chi connectivity index (χ2v) is 8.82. The summed E-state index contributed by atoms with van der Waals surface area (Å²) in [6.45, 7) is 2.75. The Hall–Kier alpha value is -1.88. The minimum Gasteiger partial charge on any atom is -0.339 e. The van der Waals surface area contributed by atoms with Crippen LogP contribution in [0.2, 0.25) is 0 Å². The van der Waals surface area contributed by atoms with Gasteiger partial charge in [-0.25, -0.2) is 0 Å². The maximum absolute atomic E-state index is 12.9. The van der Waals surface area contributed by atoms with Gasteiger partial charge in [-0.05, 0) is 69.2 Å². The highest BCUT2D eigenvalue weighted by Crippen LogP contribution is 2.28. The van der Waals surface area contributed by atoms with Crippen LogP contribution in [0.5, 0.6) is 0 Å². The van der Waals surface area contributed by atoms with Crippen LogP contribution in [0.3, 0.4) is 0 Å². The number of hydrogen-bond donors (Lipinski definition) is 2. The van der Waals surface area contributed by atoms with Gasteiger partial charge in [-0.15, -0.1) is 0 Å².